The van der Waals surface area contributed by atoms with Crippen LogP contribution in [0, 0.1) is 0 Å². The molecule has 0 aromatic carbocycles. The van der Waals surface area contributed by atoms with Crippen LogP contribution in [-0.4, -0.2) is 73.0 Å². The van der Waals surface area contributed by atoms with Crippen molar-refractivity contribution in [2.45, 2.75) is 25.9 Å². The van der Waals surface area contributed by atoms with Crippen molar-refractivity contribution < 1.29 is 9.59 Å². The fraction of sp³-hybridized carbons (Fsp3) is 0.833. The predicted molar refractivity (Wildman–Crippen MR) is 68.1 cm³/mol. The minimum absolute atomic E-state index is 0.0343. The maximum Gasteiger partial charge on any atom is 0.234 e. The van der Waals surface area contributed by atoms with E-state index < -0.39 is 0 Å². The molecule has 0 bridgehead atoms. The second-order valence-corrected chi connectivity index (χ2v) is 5.26. The van der Waals surface area contributed by atoms with Crippen LogP contribution >= 0.6 is 0 Å². The molecule has 2 amide bonds. The van der Waals surface area contributed by atoms with E-state index >= 15 is 0 Å². The Morgan fingerprint density at radius 3 is 1.50 bits per heavy atom. The van der Waals surface area contributed by atoms with Gasteiger partial charge in [-0.15, -0.1) is 0 Å². The maximum atomic E-state index is 11.6. The Balaban J connectivity index is 1.64. The summed E-state index contributed by atoms with van der Waals surface area (Å²) in [5.41, 5.74) is 0. The largest absolute Gasteiger partial charge is 0.350 e. The third-order valence-corrected chi connectivity index (χ3v) is 3.34. The Labute approximate surface area is 108 Å². The van der Waals surface area contributed by atoms with Gasteiger partial charge in [-0.2, -0.15) is 0 Å². The molecule has 0 saturated carbocycles. The molecule has 2 rings (SSSR count). The molecule has 2 aliphatic rings. The van der Waals surface area contributed by atoms with Gasteiger partial charge in [0, 0.05) is 38.3 Å². The van der Waals surface area contributed by atoms with E-state index in [-0.39, 0.29) is 23.9 Å². The van der Waals surface area contributed by atoms with Gasteiger partial charge in [0.05, 0.1) is 13.1 Å². The molecule has 0 aromatic heterocycles. The standard InChI is InChI=1S/C12H22N4O2/c1-9(13-11(17)7-15-3-4-15)10(2)14-12(18)8-16-5-6-16/h9-10H,3-8H2,1-2H3,(H,13,17)(H,14,18). The highest BCUT2D eigenvalue weighted by atomic mass is 16.2. The molecule has 0 radical (unpaired) electrons. The Morgan fingerprint density at radius 1 is 0.889 bits per heavy atom. The first-order valence-corrected chi connectivity index (χ1v) is 6.58. The number of nitrogens with zero attached hydrogens (tertiary/aromatic N) is 2. The molecule has 18 heavy (non-hydrogen) atoms. The summed E-state index contributed by atoms with van der Waals surface area (Å²) in [6.45, 7) is 8.85. The third kappa shape index (κ3) is 4.62. The van der Waals surface area contributed by atoms with Gasteiger partial charge in [0.15, 0.2) is 0 Å². The van der Waals surface area contributed by atoms with Gasteiger partial charge in [0.1, 0.15) is 0 Å². The minimum Gasteiger partial charge on any atom is -0.350 e. The summed E-state index contributed by atoms with van der Waals surface area (Å²) < 4.78 is 0. The molecule has 2 unspecified atom stereocenters. The second kappa shape index (κ2) is 5.67. The molecule has 0 aromatic rings. The summed E-state index contributed by atoms with van der Waals surface area (Å²) in [7, 11) is 0. The van der Waals surface area contributed by atoms with Crippen LogP contribution in [0.15, 0.2) is 0 Å². The Hall–Kier alpha value is -1.14. The van der Waals surface area contributed by atoms with E-state index in [1.165, 1.54) is 0 Å². The van der Waals surface area contributed by atoms with Crippen LogP contribution in [0.2, 0.25) is 0 Å². The highest BCUT2D eigenvalue weighted by molar-refractivity contribution is 5.80. The van der Waals surface area contributed by atoms with Crippen molar-refractivity contribution in [3.05, 3.63) is 0 Å². The van der Waals surface area contributed by atoms with Crippen molar-refractivity contribution >= 4 is 11.8 Å². The summed E-state index contributed by atoms with van der Waals surface area (Å²) in [5.74, 6) is 0.0686. The summed E-state index contributed by atoms with van der Waals surface area (Å²) in [6, 6.07) is -0.0915. The molecule has 2 atom stereocenters. The van der Waals surface area contributed by atoms with E-state index in [1.54, 1.807) is 0 Å². The van der Waals surface area contributed by atoms with Crippen LogP contribution in [-0.2, 0) is 9.59 Å². The molecule has 102 valence electrons. The lowest BCUT2D eigenvalue weighted by molar-refractivity contribution is -0.124. The van der Waals surface area contributed by atoms with Gasteiger partial charge in [-0.3, -0.25) is 19.4 Å². The molecular formula is C12H22N4O2. The fourth-order valence-electron chi connectivity index (χ4n) is 1.71. The van der Waals surface area contributed by atoms with Crippen molar-refractivity contribution in [3.63, 3.8) is 0 Å². The van der Waals surface area contributed by atoms with Gasteiger partial charge in [0.2, 0.25) is 11.8 Å². The van der Waals surface area contributed by atoms with Crippen LogP contribution in [0.4, 0.5) is 0 Å². The van der Waals surface area contributed by atoms with E-state index in [0.717, 1.165) is 26.2 Å². The number of amides is 2. The first-order chi connectivity index (χ1) is 8.54. The topological polar surface area (TPSA) is 64.2 Å². The normalized spacial score (nSPS) is 22.1. The van der Waals surface area contributed by atoms with Gasteiger partial charge in [0.25, 0.3) is 0 Å². The minimum atomic E-state index is -0.0457. The highest BCUT2D eigenvalue weighted by Gasteiger charge is 2.24. The SMILES string of the molecule is CC(NC(=O)CN1CC1)C(C)NC(=O)CN1CC1. The first-order valence-electron chi connectivity index (χ1n) is 6.58. The summed E-state index contributed by atoms with van der Waals surface area (Å²) >= 11 is 0. The molecule has 6 nitrogen and oxygen atoms in total. The Morgan fingerprint density at radius 2 is 1.22 bits per heavy atom. The van der Waals surface area contributed by atoms with E-state index in [2.05, 4.69) is 20.4 Å². The van der Waals surface area contributed by atoms with Gasteiger partial charge >= 0.3 is 0 Å². The number of rotatable bonds is 7. The zero-order valence-electron chi connectivity index (χ0n) is 11.1. The molecule has 2 saturated heterocycles. The fourth-order valence-corrected chi connectivity index (χ4v) is 1.71. The first kappa shape index (κ1) is 13.3. The van der Waals surface area contributed by atoms with Crippen molar-refractivity contribution in [1.82, 2.24) is 20.4 Å². The number of hydrogen-bond acceptors (Lipinski definition) is 4. The lowest BCUT2D eigenvalue weighted by atomic mass is 10.1. The van der Waals surface area contributed by atoms with Gasteiger partial charge in [-0.05, 0) is 13.8 Å². The lowest BCUT2D eigenvalue weighted by Crippen LogP contribution is -2.50. The van der Waals surface area contributed by atoms with E-state index in [9.17, 15) is 9.59 Å². The van der Waals surface area contributed by atoms with Crippen LogP contribution < -0.4 is 10.6 Å². The van der Waals surface area contributed by atoms with Crippen LogP contribution in [0.5, 0.6) is 0 Å². The Kier molecular flexibility index (Phi) is 4.19. The van der Waals surface area contributed by atoms with E-state index in [1.807, 2.05) is 13.8 Å². The monoisotopic (exact) mass is 254 g/mol. The highest BCUT2D eigenvalue weighted by Crippen LogP contribution is 2.03. The number of nitrogens with one attached hydrogen (secondary N) is 2. The smallest absolute Gasteiger partial charge is 0.234 e. The number of carbonyl (C=O) groups excluding carboxylic acids is 2. The molecular weight excluding hydrogens is 232 g/mol. The Bertz CT molecular complexity index is 294. The van der Waals surface area contributed by atoms with Gasteiger partial charge < -0.3 is 10.6 Å². The zero-order valence-corrected chi connectivity index (χ0v) is 11.1. The van der Waals surface area contributed by atoms with Gasteiger partial charge in [-0.25, -0.2) is 0 Å². The van der Waals surface area contributed by atoms with Crippen molar-refractivity contribution in [2.24, 2.45) is 0 Å². The quantitative estimate of drug-likeness (QED) is 0.550. The van der Waals surface area contributed by atoms with Crippen molar-refractivity contribution in [3.8, 4) is 0 Å². The molecule has 2 aliphatic heterocycles. The van der Waals surface area contributed by atoms with E-state index in [4.69, 9.17) is 0 Å². The lowest BCUT2D eigenvalue weighted by Gasteiger charge is -2.22. The molecule has 2 fully saturated rings. The average molecular weight is 254 g/mol. The summed E-state index contributed by atoms with van der Waals surface area (Å²) in [4.78, 5) is 27.3. The van der Waals surface area contributed by atoms with Crippen LogP contribution in [0.1, 0.15) is 13.8 Å². The van der Waals surface area contributed by atoms with Crippen LogP contribution in [0.25, 0.3) is 0 Å². The maximum absolute atomic E-state index is 11.6. The molecule has 2 heterocycles. The molecule has 6 heteroatoms. The third-order valence-electron chi connectivity index (χ3n) is 3.34. The molecule has 0 aliphatic carbocycles. The predicted octanol–water partition coefficient (Wildman–Crippen LogP) is -1.37. The molecule has 2 N–H and O–H groups in total. The zero-order chi connectivity index (χ0) is 13.1. The second-order valence-electron chi connectivity index (χ2n) is 5.26. The number of carbonyl (C=O) groups is 2. The van der Waals surface area contributed by atoms with Crippen LogP contribution in [0.3, 0.4) is 0 Å². The van der Waals surface area contributed by atoms with Crippen molar-refractivity contribution in [2.75, 3.05) is 39.3 Å². The molecule has 0 spiro atoms. The summed E-state index contributed by atoms with van der Waals surface area (Å²) in [5, 5.41) is 5.83. The van der Waals surface area contributed by atoms with E-state index in [0.29, 0.717) is 13.1 Å². The summed E-state index contributed by atoms with van der Waals surface area (Å²) in [6.07, 6.45) is 0. The van der Waals surface area contributed by atoms with Gasteiger partial charge in [-0.1, -0.05) is 0 Å². The average Bonchev–Trinajstić information content (AvgIpc) is 3.13. The number of hydrogen-bond donors (Lipinski definition) is 2. The van der Waals surface area contributed by atoms with Crippen molar-refractivity contribution in [1.29, 1.82) is 0 Å².